The van der Waals surface area contributed by atoms with Crippen LogP contribution in [0.3, 0.4) is 0 Å². The Kier molecular flexibility index (Phi) is 6.67. The van der Waals surface area contributed by atoms with Crippen LogP contribution in [-0.4, -0.2) is 25.6 Å². The molecule has 0 aliphatic heterocycles. The van der Waals surface area contributed by atoms with Crippen LogP contribution in [0.25, 0.3) is 0 Å². The Bertz CT molecular complexity index is 241. The third-order valence-corrected chi connectivity index (χ3v) is 8.13. The highest BCUT2D eigenvalue weighted by Gasteiger charge is 2.39. The van der Waals surface area contributed by atoms with E-state index in [4.69, 9.17) is 4.43 Å². The Labute approximate surface area is 108 Å². The fourth-order valence-corrected chi connectivity index (χ4v) is 2.69. The Morgan fingerprint density at radius 3 is 2.24 bits per heavy atom. The first-order valence-corrected chi connectivity index (χ1v) is 9.55. The van der Waals surface area contributed by atoms with Gasteiger partial charge in [0.25, 0.3) is 0 Å². The van der Waals surface area contributed by atoms with Crippen LogP contribution in [0.5, 0.6) is 0 Å². The van der Waals surface area contributed by atoms with Gasteiger partial charge >= 0.3 is 0 Å². The molecule has 0 amide bonds. The molecule has 3 heteroatoms. The Morgan fingerprint density at radius 1 is 1.29 bits per heavy atom. The van der Waals surface area contributed by atoms with Crippen LogP contribution in [0.2, 0.25) is 18.1 Å². The van der Waals surface area contributed by atoms with Crippen LogP contribution < -0.4 is 0 Å². The number of aliphatic hydroxyl groups is 1. The molecule has 0 radical (unpaired) electrons. The van der Waals surface area contributed by atoms with Crippen molar-refractivity contribution in [2.45, 2.75) is 77.8 Å². The van der Waals surface area contributed by atoms with Gasteiger partial charge in [0.05, 0.1) is 12.2 Å². The highest BCUT2D eigenvalue weighted by atomic mass is 28.4. The smallest absolute Gasteiger partial charge is 0.192 e. The van der Waals surface area contributed by atoms with E-state index in [1.807, 2.05) is 19.1 Å². The zero-order chi connectivity index (χ0) is 13.7. The average Bonchev–Trinajstić information content (AvgIpc) is 2.15. The zero-order valence-electron chi connectivity index (χ0n) is 12.6. The monoisotopic (exact) mass is 258 g/mol. The minimum absolute atomic E-state index is 0.121. The van der Waals surface area contributed by atoms with E-state index < -0.39 is 14.4 Å². The summed E-state index contributed by atoms with van der Waals surface area (Å²) in [6, 6.07) is 0. The summed E-state index contributed by atoms with van der Waals surface area (Å²) < 4.78 is 6.13. The molecular weight excluding hydrogens is 228 g/mol. The standard InChI is InChI=1S/C14H30O2Si/c1-8-9-10-11-13(15)12(2)16-17(6,7)14(3,4)5/h10-13,15H,8-9H2,1-7H3/b11-10+/t12-,13-/m0/s1. The summed E-state index contributed by atoms with van der Waals surface area (Å²) in [4.78, 5) is 0. The highest BCUT2D eigenvalue weighted by molar-refractivity contribution is 6.74. The first-order chi connectivity index (χ1) is 7.62. The normalized spacial score (nSPS) is 17.4. The van der Waals surface area contributed by atoms with Crippen molar-refractivity contribution in [2.75, 3.05) is 0 Å². The van der Waals surface area contributed by atoms with E-state index in [9.17, 15) is 5.11 Å². The number of allylic oxidation sites excluding steroid dienone is 1. The second-order valence-electron chi connectivity index (χ2n) is 6.29. The SMILES string of the molecule is CCC/C=C/[C@H](O)[C@H](C)O[Si](C)(C)C(C)(C)C. The van der Waals surface area contributed by atoms with Crippen LogP contribution in [0.15, 0.2) is 12.2 Å². The van der Waals surface area contributed by atoms with E-state index in [-0.39, 0.29) is 11.1 Å². The van der Waals surface area contributed by atoms with E-state index in [1.54, 1.807) is 0 Å². The molecular formula is C14H30O2Si. The van der Waals surface area contributed by atoms with Crippen molar-refractivity contribution in [2.24, 2.45) is 0 Å². The molecule has 2 atom stereocenters. The molecule has 0 aliphatic carbocycles. The summed E-state index contributed by atoms with van der Waals surface area (Å²) in [5, 5.41) is 10.2. The van der Waals surface area contributed by atoms with E-state index in [0.717, 1.165) is 12.8 Å². The predicted octanol–water partition coefficient (Wildman–Crippen LogP) is 4.11. The fourth-order valence-electron chi connectivity index (χ4n) is 1.27. The van der Waals surface area contributed by atoms with Crippen LogP contribution in [0.4, 0.5) is 0 Å². The van der Waals surface area contributed by atoms with E-state index in [2.05, 4.69) is 40.8 Å². The molecule has 0 heterocycles. The fraction of sp³-hybridized carbons (Fsp3) is 0.857. The molecule has 0 aromatic heterocycles. The summed E-state index contributed by atoms with van der Waals surface area (Å²) in [5.41, 5.74) is 0. The molecule has 0 aromatic rings. The number of rotatable bonds is 6. The number of aliphatic hydroxyl groups excluding tert-OH is 1. The summed E-state index contributed by atoms with van der Waals surface area (Å²) >= 11 is 0. The van der Waals surface area contributed by atoms with Gasteiger partial charge in [-0.1, -0.05) is 46.3 Å². The molecule has 0 bridgehead atoms. The van der Waals surface area contributed by atoms with Crippen molar-refractivity contribution in [3.63, 3.8) is 0 Å². The maximum atomic E-state index is 9.98. The van der Waals surface area contributed by atoms with Gasteiger partial charge in [0.15, 0.2) is 8.32 Å². The van der Waals surface area contributed by atoms with Crippen LogP contribution in [0, 0.1) is 0 Å². The molecule has 0 fully saturated rings. The van der Waals surface area contributed by atoms with Gasteiger partial charge in [0, 0.05) is 0 Å². The topological polar surface area (TPSA) is 29.5 Å². The summed E-state index contributed by atoms with van der Waals surface area (Å²) in [6.07, 6.45) is 5.42. The molecule has 0 aliphatic rings. The summed E-state index contributed by atoms with van der Waals surface area (Å²) in [6.45, 7) is 15.2. The van der Waals surface area contributed by atoms with Gasteiger partial charge in [-0.05, 0) is 31.5 Å². The van der Waals surface area contributed by atoms with Crippen LogP contribution >= 0.6 is 0 Å². The maximum Gasteiger partial charge on any atom is 0.192 e. The largest absolute Gasteiger partial charge is 0.411 e. The Morgan fingerprint density at radius 2 is 1.82 bits per heavy atom. The highest BCUT2D eigenvalue weighted by Crippen LogP contribution is 2.37. The van der Waals surface area contributed by atoms with Crippen LogP contribution in [0.1, 0.15) is 47.5 Å². The first kappa shape index (κ1) is 16.9. The van der Waals surface area contributed by atoms with Gasteiger partial charge in [-0.3, -0.25) is 0 Å². The van der Waals surface area contributed by atoms with Crippen molar-refractivity contribution >= 4 is 8.32 Å². The summed E-state index contributed by atoms with van der Waals surface area (Å²) in [5.74, 6) is 0. The average molecular weight is 258 g/mol. The van der Waals surface area contributed by atoms with Crippen molar-refractivity contribution < 1.29 is 9.53 Å². The van der Waals surface area contributed by atoms with Crippen molar-refractivity contribution in [3.8, 4) is 0 Å². The molecule has 0 spiro atoms. The molecule has 0 rings (SSSR count). The van der Waals surface area contributed by atoms with E-state index in [1.165, 1.54) is 0 Å². The number of hydrogen-bond donors (Lipinski definition) is 1. The minimum Gasteiger partial charge on any atom is -0.411 e. The molecule has 0 unspecified atom stereocenters. The van der Waals surface area contributed by atoms with Crippen LogP contribution in [-0.2, 0) is 4.43 Å². The lowest BCUT2D eigenvalue weighted by atomic mass is 10.2. The first-order valence-electron chi connectivity index (χ1n) is 6.64. The predicted molar refractivity (Wildman–Crippen MR) is 77.8 cm³/mol. The molecule has 2 nitrogen and oxygen atoms in total. The van der Waals surface area contributed by atoms with Gasteiger partial charge in [-0.25, -0.2) is 0 Å². The zero-order valence-corrected chi connectivity index (χ0v) is 13.6. The molecule has 0 saturated heterocycles. The van der Waals surface area contributed by atoms with E-state index >= 15 is 0 Å². The molecule has 17 heavy (non-hydrogen) atoms. The Hall–Kier alpha value is -0.123. The number of unbranched alkanes of at least 4 members (excludes halogenated alkanes) is 1. The molecule has 0 saturated carbocycles. The van der Waals surface area contributed by atoms with Gasteiger partial charge in [-0.2, -0.15) is 0 Å². The van der Waals surface area contributed by atoms with Gasteiger partial charge in [0.2, 0.25) is 0 Å². The quantitative estimate of drug-likeness (QED) is 0.574. The lowest BCUT2D eigenvalue weighted by Gasteiger charge is -2.39. The van der Waals surface area contributed by atoms with Crippen molar-refractivity contribution in [1.82, 2.24) is 0 Å². The summed E-state index contributed by atoms with van der Waals surface area (Å²) in [7, 11) is -1.77. The third kappa shape index (κ3) is 5.84. The lowest BCUT2D eigenvalue weighted by Crippen LogP contribution is -2.45. The van der Waals surface area contributed by atoms with Crippen molar-refractivity contribution in [1.29, 1.82) is 0 Å². The second-order valence-corrected chi connectivity index (χ2v) is 11.0. The molecule has 0 aromatic carbocycles. The maximum absolute atomic E-state index is 9.98. The minimum atomic E-state index is -1.77. The molecule has 1 N–H and O–H groups in total. The third-order valence-electron chi connectivity index (χ3n) is 3.56. The van der Waals surface area contributed by atoms with Gasteiger partial charge in [-0.15, -0.1) is 0 Å². The Balaban J connectivity index is 4.39. The van der Waals surface area contributed by atoms with E-state index in [0.29, 0.717) is 0 Å². The molecule has 102 valence electrons. The second kappa shape index (κ2) is 6.71. The van der Waals surface area contributed by atoms with Gasteiger partial charge in [0.1, 0.15) is 0 Å². The lowest BCUT2D eigenvalue weighted by molar-refractivity contribution is 0.0691. The van der Waals surface area contributed by atoms with Gasteiger partial charge < -0.3 is 9.53 Å². The van der Waals surface area contributed by atoms with Crippen molar-refractivity contribution in [3.05, 3.63) is 12.2 Å². The number of hydrogen-bond acceptors (Lipinski definition) is 2.